The molecule has 0 aliphatic heterocycles. The van der Waals surface area contributed by atoms with Crippen molar-refractivity contribution in [3.05, 3.63) is 71.6 Å². The van der Waals surface area contributed by atoms with E-state index in [0.717, 1.165) is 23.4 Å². The minimum absolute atomic E-state index is 0.115. The van der Waals surface area contributed by atoms with Gasteiger partial charge in [0.15, 0.2) is 0 Å². The molecule has 1 heterocycles. The van der Waals surface area contributed by atoms with Gasteiger partial charge in [0, 0.05) is 5.69 Å². The standard InChI is InChI=1S/C26H41N.C4H8.C2H6/c1-10-21(19-23(11-2)25(5,6)7)24-17-16-22(20(4)27-24)15-13-14-18-26(8,9)12-3;1-4(2)3;1-2/h10-11,16-17,19H,1,12-15,18H2,2-9H3;1H2,2-3H3;1-2H3/b21-19+,23-11+;;. The maximum absolute atomic E-state index is 4.89. The first-order valence-corrected chi connectivity index (χ1v) is 12.9. The van der Waals surface area contributed by atoms with Gasteiger partial charge >= 0.3 is 0 Å². The van der Waals surface area contributed by atoms with Crippen molar-refractivity contribution in [1.29, 1.82) is 0 Å². The van der Waals surface area contributed by atoms with Crippen LogP contribution in [-0.2, 0) is 6.42 Å². The highest BCUT2D eigenvalue weighted by molar-refractivity contribution is 5.74. The zero-order chi connectivity index (χ0) is 26.2. The molecule has 33 heavy (non-hydrogen) atoms. The Balaban J connectivity index is 0. The SMILES string of the molecule is C=C(C)C.C=C/C(=C\C(=C/C)C(C)(C)C)c1ccc(CCCCC(C)(C)CC)c(C)n1.CC. The summed E-state index contributed by atoms with van der Waals surface area (Å²) >= 11 is 0. The first-order chi connectivity index (χ1) is 15.3. The number of allylic oxidation sites excluding steroid dienone is 6. The van der Waals surface area contributed by atoms with Crippen molar-refractivity contribution in [2.24, 2.45) is 10.8 Å². The summed E-state index contributed by atoms with van der Waals surface area (Å²) in [5.41, 5.74) is 7.69. The lowest BCUT2D eigenvalue weighted by atomic mass is 9.84. The molecule has 1 aromatic heterocycles. The van der Waals surface area contributed by atoms with Crippen LogP contribution >= 0.6 is 0 Å². The van der Waals surface area contributed by atoms with E-state index in [1.165, 1.54) is 42.4 Å². The Bertz CT molecular complexity index is 762. The van der Waals surface area contributed by atoms with Crippen LogP contribution in [0.3, 0.4) is 0 Å². The summed E-state index contributed by atoms with van der Waals surface area (Å²) < 4.78 is 0. The second-order valence-corrected chi connectivity index (χ2v) is 10.7. The minimum Gasteiger partial charge on any atom is -0.253 e. The van der Waals surface area contributed by atoms with Crippen LogP contribution in [-0.4, -0.2) is 4.98 Å². The highest BCUT2D eigenvalue weighted by Crippen LogP contribution is 2.30. The molecule has 1 rings (SSSR count). The zero-order valence-corrected chi connectivity index (χ0v) is 24.3. The van der Waals surface area contributed by atoms with Crippen LogP contribution in [0.4, 0.5) is 0 Å². The van der Waals surface area contributed by atoms with Crippen LogP contribution in [0.25, 0.3) is 5.57 Å². The predicted molar refractivity (Wildman–Crippen MR) is 154 cm³/mol. The molecule has 1 aromatic rings. The van der Waals surface area contributed by atoms with Crippen LogP contribution in [0.5, 0.6) is 0 Å². The Kier molecular flexibility index (Phi) is 16.8. The van der Waals surface area contributed by atoms with Crippen molar-refractivity contribution in [2.45, 2.75) is 115 Å². The fraction of sp³-hybridized carbons (Fsp3) is 0.594. The van der Waals surface area contributed by atoms with Gasteiger partial charge in [0.2, 0.25) is 0 Å². The molecule has 0 aliphatic rings. The zero-order valence-electron chi connectivity index (χ0n) is 24.3. The predicted octanol–water partition coefficient (Wildman–Crippen LogP) is 10.7. The summed E-state index contributed by atoms with van der Waals surface area (Å²) in [6, 6.07) is 4.41. The van der Waals surface area contributed by atoms with Gasteiger partial charge in [-0.05, 0) is 86.6 Å². The number of aryl methyl sites for hydroxylation is 2. The van der Waals surface area contributed by atoms with Crippen LogP contribution in [0.1, 0.15) is 119 Å². The molecule has 0 aliphatic carbocycles. The average Bonchev–Trinajstić information content (AvgIpc) is 2.73. The van der Waals surface area contributed by atoms with E-state index in [2.05, 4.69) is 92.8 Å². The van der Waals surface area contributed by atoms with Crippen molar-refractivity contribution >= 4 is 5.57 Å². The average molecular weight is 454 g/mol. The van der Waals surface area contributed by atoms with E-state index < -0.39 is 0 Å². The van der Waals surface area contributed by atoms with Crippen LogP contribution < -0.4 is 0 Å². The molecule has 0 saturated heterocycles. The van der Waals surface area contributed by atoms with Gasteiger partial charge in [-0.3, -0.25) is 4.98 Å². The van der Waals surface area contributed by atoms with E-state index in [1.54, 1.807) is 0 Å². The van der Waals surface area contributed by atoms with Gasteiger partial charge in [-0.15, -0.1) is 6.58 Å². The molecule has 0 fully saturated rings. The fourth-order valence-electron chi connectivity index (χ4n) is 3.25. The molecule has 1 heteroatoms. The molecule has 0 amide bonds. The molecule has 188 valence electrons. The van der Waals surface area contributed by atoms with Gasteiger partial charge in [0.1, 0.15) is 0 Å². The molecule has 0 saturated carbocycles. The fourth-order valence-corrected chi connectivity index (χ4v) is 3.25. The molecular formula is C32H55N. The third-order valence-electron chi connectivity index (χ3n) is 5.71. The van der Waals surface area contributed by atoms with Crippen molar-refractivity contribution in [3.8, 4) is 0 Å². The summed E-state index contributed by atoms with van der Waals surface area (Å²) in [7, 11) is 0. The lowest BCUT2D eigenvalue weighted by Crippen LogP contribution is -2.09. The van der Waals surface area contributed by atoms with Crippen molar-refractivity contribution in [1.82, 2.24) is 4.98 Å². The Hall–Kier alpha value is -1.89. The second-order valence-electron chi connectivity index (χ2n) is 10.7. The number of rotatable bonds is 9. The third kappa shape index (κ3) is 14.8. The van der Waals surface area contributed by atoms with Gasteiger partial charge in [0.05, 0.1) is 5.69 Å². The summed E-state index contributed by atoms with van der Waals surface area (Å²) in [4.78, 5) is 4.89. The molecule has 0 atom stereocenters. The molecule has 0 N–H and O–H groups in total. The summed E-state index contributed by atoms with van der Waals surface area (Å²) in [6.45, 7) is 33.5. The highest BCUT2D eigenvalue weighted by atomic mass is 14.7. The van der Waals surface area contributed by atoms with Crippen LogP contribution in [0, 0.1) is 17.8 Å². The number of pyridine rings is 1. The van der Waals surface area contributed by atoms with Crippen LogP contribution in [0.2, 0.25) is 0 Å². The van der Waals surface area contributed by atoms with E-state index in [1.807, 2.05) is 33.8 Å². The molecule has 0 aromatic carbocycles. The Morgan fingerprint density at radius 2 is 1.58 bits per heavy atom. The number of hydrogen-bond donors (Lipinski definition) is 0. The number of nitrogens with zero attached hydrogens (tertiary/aromatic N) is 1. The number of unbranched alkanes of at least 4 members (excludes halogenated alkanes) is 1. The quantitative estimate of drug-likeness (QED) is 0.206. The topological polar surface area (TPSA) is 12.9 Å². The van der Waals surface area contributed by atoms with E-state index in [-0.39, 0.29) is 5.41 Å². The summed E-state index contributed by atoms with van der Waals surface area (Å²) in [5.74, 6) is 0. The molecule has 0 radical (unpaired) electrons. The van der Waals surface area contributed by atoms with Crippen LogP contribution in [0.15, 0.2) is 54.7 Å². The van der Waals surface area contributed by atoms with Gasteiger partial charge in [0.25, 0.3) is 0 Å². The second kappa shape index (κ2) is 16.7. The van der Waals surface area contributed by atoms with Gasteiger partial charge in [-0.1, -0.05) is 98.6 Å². The highest BCUT2D eigenvalue weighted by Gasteiger charge is 2.16. The van der Waals surface area contributed by atoms with Crippen molar-refractivity contribution in [3.63, 3.8) is 0 Å². The maximum Gasteiger partial charge on any atom is 0.0705 e. The first-order valence-electron chi connectivity index (χ1n) is 12.9. The number of hydrogen-bond acceptors (Lipinski definition) is 1. The van der Waals surface area contributed by atoms with Gasteiger partial charge in [-0.2, -0.15) is 0 Å². The van der Waals surface area contributed by atoms with E-state index >= 15 is 0 Å². The van der Waals surface area contributed by atoms with E-state index in [0.29, 0.717) is 5.41 Å². The smallest absolute Gasteiger partial charge is 0.0705 e. The Morgan fingerprint density at radius 3 is 1.97 bits per heavy atom. The van der Waals surface area contributed by atoms with E-state index in [9.17, 15) is 0 Å². The van der Waals surface area contributed by atoms with Crippen molar-refractivity contribution < 1.29 is 0 Å². The third-order valence-corrected chi connectivity index (χ3v) is 5.71. The monoisotopic (exact) mass is 453 g/mol. The first kappa shape index (κ1) is 33.3. The largest absolute Gasteiger partial charge is 0.253 e. The normalized spacial score (nSPS) is 12.2. The summed E-state index contributed by atoms with van der Waals surface area (Å²) in [6.07, 6.45) is 12.5. The van der Waals surface area contributed by atoms with Crippen molar-refractivity contribution in [2.75, 3.05) is 0 Å². The lowest BCUT2D eigenvalue weighted by Gasteiger charge is -2.22. The maximum atomic E-state index is 4.89. The molecule has 0 spiro atoms. The minimum atomic E-state index is 0.115. The van der Waals surface area contributed by atoms with E-state index in [4.69, 9.17) is 4.98 Å². The molecular weight excluding hydrogens is 398 g/mol. The Morgan fingerprint density at radius 1 is 1.03 bits per heavy atom. The molecule has 1 nitrogen and oxygen atoms in total. The van der Waals surface area contributed by atoms with Gasteiger partial charge < -0.3 is 0 Å². The Labute approximate surface area is 208 Å². The van der Waals surface area contributed by atoms with Gasteiger partial charge in [-0.25, -0.2) is 0 Å². The molecule has 0 bridgehead atoms. The lowest BCUT2D eigenvalue weighted by molar-refractivity contribution is 0.309. The molecule has 0 unspecified atom stereocenters. The summed E-state index contributed by atoms with van der Waals surface area (Å²) in [5, 5.41) is 0. The number of aromatic nitrogens is 1.